The number of carboxylic acids is 1. The standard InChI is InChI=1S/C21H20N2O3/c1-23-13-16(17-8-4-5-9-18(17)23)10-19(24)22-21(20(25)26)11-14-6-2-3-7-15(14)12-21/h2-9,13H,10-12H2,1H3,(H,22,24)(H,25,26). The zero-order valence-corrected chi connectivity index (χ0v) is 14.5. The van der Waals surface area contributed by atoms with Gasteiger partial charge < -0.3 is 15.0 Å². The minimum Gasteiger partial charge on any atom is -0.479 e. The number of fused-ring (bicyclic) bond motifs is 2. The first-order valence-corrected chi connectivity index (χ1v) is 8.63. The van der Waals surface area contributed by atoms with Gasteiger partial charge in [0.25, 0.3) is 0 Å². The van der Waals surface area contributed by atoms with Gasteiger partial charge in [-0.2, -0.15) is 0 Å². The molecule has 0 fully saturated rings. The van der Waals surface area contributed by atoms with Crippen molar-refractivity contribution in [2.24, 2.45) is 7.05 Å². The normalized spacial score (nSPS) is 15.0. The van der Waals surface area contributed by atoms with E-state index in [2.05, 4.69) is 5.32 Å². The van der Waals surface area contributed by atoms with Crippen molar-refractivity contribution in [3.05, 3.63) is 71.4 Å². The number of rotatable bonds is 4. The number of benzene rings is 2. The summed E-state index contributed by atoms with van der Waals surface area (Å²) in [7, 11) is 1.94. The number of hydrogen-bond acceptors (Lipinski definition) is 2. The molecule has 1 aromatic heterocycles. The lowest BCUT2D eigenvalue weighted by Gasteiger charge is -2.25. The number of amides is 1. The summed E-state index contributed by atoms with van der Waals surface area (Å²) >= 11 is 0. The number of aliphatic carboxylic acids is 1. The summed E-state index contributed by atoms with van der Waals surface area (Å²) in [6.45, 7) is 0. The first-order valence-electron chi connectivity index (χ1n) is 8.63. The van der Waals surface area contributed by atoms with Gasteiger partial charge in [-0.3, -0.25) is 4.79 Å². The topological polar surface area (TPSA) is 71.3 Å². The first kappa shape index (κ1) is 16.4. The molecule has 132 valence electrons. The maximum absolute atomic E-state index is 12.7. The van der Waals surface area contributed by atoms with Crippen molar-refractivity contribution >= 4 is 22.8 Å². The number of nitrogens with one attached hydrogen (secondary N) is 1. The highest BCUT2D eigenvalue weighted by Crippen LogP contribution is 2.30. The third-order valence-electron chi connectivity index (χ3n) is 5.22. The molecule has 3 aromatic rings. The molecule has 0 aliphatic heterocycles. The zero-order chi connectivity index (χ0) is 18.3. The molecule has 0 radical (unpaired) electrons. The van der Waals surface area contributed by atoms with Crippen LogP contribution in [0.2, 0.25) is 0 Å². The molecule has 0 bridgehead atoms. The Kier molecular flexibility index (Phi) is 3.80. The van der Waals surface area contributed by atoms with Gasteiger partial charge in [0.15, 0.2) is 0 Å². The third-order valence-corrected chi connectivity index (χ3v) is 5.22. The lowest BCUT2D eigenvalue weighted by Crippen LogP contribution is -2.55. The maximum atomic E-state index is 12.7. The van der Waals surface area contributed by atoms with Crippen LogP contribution in [0.1, 0.15) is 16.7 Å². The number of carbonyl (C=O) groups excluding carboxylic acids is 1. The number of hydrogen-bond donors (Lipinski definition) is 2. The molecule has 1 heterocycles. The van der Waals surface area contributed by atoms with Crippen molar-refractivity contribution in [1.29, 1.82) is 0 Å². The van der Waals surface area contributed by atoms with Gasteiger partial charge >= 0.3 is 5.97 Å². The van der Waals surface area contributed by atoms with Crippen LogP contribution in [0.15, 0.2) is 54.7 Å². The van der Waals surface area contributed by atoms with Crippen LogP contribution in [0.3, 0.4) is 0 Å². The largest absolute Gasteiger partial charge is 0.479 e. The van der Waals surface area contributed by atoms with E-state index in [0.717, 1.165) is 27.6 Å². The van der Waals surface area contributed by atoms with Gasteiger partial charge in [-0.05, 0) is 22.8 Å². The number of nitrogens with zero attached hydrogens (tertiary/aromatic N) is 1. The van der Waals surface area contributed by atoms with Gasteiger partial charge in [0.05, 0.1) is 6.42 Å². The van der Waals surface area contributed by atoms with E-state index in [1.807, 2.05) is 66.3 Å². The smallest absolute Gasteiger partial charge is 0.330 e. The number of aryl methyl sites for hydroxylation is 1. The molecule has 0 saturated carbocycles. The summed E-state index contributed by atoms with van der Waals surface area (Å²) in [5.41, 5.74) is 2.67. The van der Waals surface area contributed by atoms with Crippen molar-refractivity contribution in [2.45, 2.75) is 24.8 Å². The summed E-state index contributed by atoms with van der Waals surface area (Å²) in [6.07, 6.45) is 2.73. The first-order chi connectivity index (χ1) is 12.5. The Morgan fingerprint density at radius 3 is 2.35 bits per heavy atom. The average molecular weight is 348 g/mol. The predicted molar refractivity (Wildman–Crippen MR) is 99.0 cm³/mol. The van der Waals surface area contributed by atoms with Gasteiger partial charge in [0, 0.05) is 37.0 Å². The lowest BCUT2D eigenvalue weighted by atomic mass is 9.95. The lowest BCUT2D eigenvalue weighted by molar-refractivity contribution is -0.147. The van der Waals surface area contributed by atoms with Gasteiger partial charge in [0.1, 0.15) is 5.54 Å². The molecular formula is C21H20N2O3. The number of para-hydroxylation sites is 1. The van der Waals surface area contributed by atoms with Crippen LogP contribution in [0, 0.1) is 0 Å². The Balaban J connectivity index is 1.58. The molecule has 0 unspecified atom stereocenters. The van der Waals surface area contributed by atoms with Crippen molar-refractivity contribution in [1.82, 2.24) is 9.88 Å². The molecule has 4 rings (SSSR count). The van der Waals surface area contributed by atoms with E-state index in [-0.39, 0.29) is 12.3 Å². The number of carboxylic acid groups (broad SMARTS) is 1. The molecule has 0 atom stereocenters. The summed E-state index contributed by atoms with van der Waals surface area (Å²) in [5, 5.41) is 13.6. The highest BCUT2D eigenvalue weighted by molar-refractivity contribution is 5.93. The number of carbonyl (C=O) groups is 2. The molecule has 26 heavy (non-hydrogen) atoms. The highest BCUT2D eigenvalue weighted by Gasteiger charge is 2.45. The Bertz CT molecular complexity index is 994. The molecule has 5 heteroatoms. The van der Waals surface area contributed by atoms with Crippen molar-refractivity contribution in [3.8, 4) is 0 Å². The summed E-state index contributed by atoms with van der Waals surface area (Å²) in [5.74, 6) is -1.25. The number of aromatic nitrogens is 1. The van der Waals surface area contributed by atoms with Gasteiger partial charge in [-0.25, -0.2) is 4.79 Å². The second-order valence-corrected chi connectivity index (χ2v) is 7.02. The van der Waals surface area contributed by atoms with Crippen LogP contribution in [-0.4, -0.2) is 27.1 Å². The van der Waals surface area contributed by atoms with E-state index in [4.69, 9.17) is 0 Å². The molecule has 5 nitrogen and oxygen atoms in total. The highest BCUT2D eigenvalue weighted by atomic mass is 16.4. The summed E-state index contributed by atoms with van der Waals surface area (Å²) < 4.78 is 1.98. The van der Waals surface area contributed by atoms with E-state index in [9.17, 15) is 14.7 Å². The van der Waals surface area contributed by atoms with Gasteiger partial charge in [-0.15, -0.1) is 0 Å². The van der Waals surface area contributed by atoms with E-state index >= 15 is 0 Å². The minimum absolute atomic E-state index is 0.159. The van der Waals surface area contributed by atoms with E-state index in [1.165, 1.54) is 0 Å². The Morgan fingerprint density at radius 2 is 1.69 bits per heavy atom. The molecular weight excluding hydrogens is 328 g/mol. The van der Waals surface area contributed by atoms with Crippen LogP contribution >= 0.6 is 0 Å². The van der Waals surface area contributed by atoms with Crippen LogP contribution in [0.5, 0.6) is 0 Å². The van der Waals surface area contributed by atoms with Crippen molar-refractivity contribution in [2.75, 3.05) is 0 Å². The SMILES string of the molecule is Cn1cc(CC(=O)NC2(C(=O)O)Cc3ccccc3C2)c2ccccc21. The fraction of sp³-hybridized carbons (Fsp3) is 0.238. The summed E-state index contributed by atoms with van der Waals surface area (Å²) in [6, 6.07) is 15.5. The molecule has 0 spiro atoms. The van der Waals surface area contributed by atoms with Crippen LogP contribution < -0.4 is 5.32 Å². The zero-order valence-electron chi connectivity index (χ0n) is 14.5. The van der Waals surface area contributed by atoms with Crippen molar-refractivity contribution in [3.63, 3.8) is 0 Å². The summed E-state index contributed by atoms with van der Waals surface area (Å²) in [4.78, 5) is 24.7. The fourth-order valence-corrected chi connectivity index (χ4v) is 3.96. The van der Waals surface area contributed by atoms with Crippen LogP contribution in [0.25, 0.3) is 10.9 Å². The van der Waals surface area contributed by atoms with Crippen molar-refractivity contribution < 1.29 is 14.7 Å². The predicted octanol–water partition coefficient (Wildman–Crippen LogP) is 2.46. The second kappa shape index (κ2) is 6.02. The van der Waals surface area contributed by atoms with Gasteiger partial charge in [0.2, 0.25) is 5.91 Å². The van der Waals surface area contributed by atoms with E-state index < -0.39 is 11.5 Å². The van der Waals surface area contributed by atoms with Gasteiger partial charge in [-0.1, -0.05) is 42.5 Å². The molecule has 1 amide bonds. The van der Waals surface area contributed by atoms with E-state index in [0.29, 0.717) is 12.8 Å². The monoisotopic (exact) mass is 348 g/mol. The molecule has 1 aliphatic carbocycles. The average Bonchev–Trinajstić information content (AvgIpc) is 3.14. The Labute approximate surface area is 151 Å². The van der Waals surface area contributed by atoms with E-state index in [1.54, 1.807) is 0 Å². The third kappa shape index (κ3) is 2.65. The fourth-order valence-electron chi connectivity index (χ4n) is 3.96. The Morgan fingerprint density at radius 1 is 1.08 bits per heavy atom. The molecule has 1 aliphatic rings. The quantitative estimate of drug-likeness (QED) is 0.761. The maximum Gasteiger partial charge on any atom is 0.330 e. The van der Waals surface area contributed by atoms with Crippen LogP contribution in [-0.2, 0) is 35.9 Å². The molecule has 0 saturated heterocycles. The molecule has 2 aromatic carbocycles. The second-order valence-electron chi connectivity index (χ2n) is 7.02. The molecule has 2 N–H and O–H groups in total. The minimum atomic E-state index is -1.26. The Hall–Kier alpha value is -3.08. The van der Waals surface area contributed by atoms with Crippen LogP contribution in [0.4, 0.5) is 0 Å².